The highest BCUT2D eigenvalue weighted by molar-refractivity contribution is 7.99. The van der Waals surface area contributed by atoms with Crippen LogP contribution in [0.5, 0.6) is 5.75 Å². The number of thioether (sulfide) groups is 1. The van der Waals surface area contributed by atoms with Gasteiger partial charge in [-0.05, 0) is 54.8 Å². The summed E-state index contributed by atoms with van der Waals surface area (Å²) in [5, 5.41) is 3.76. The first-order chi connectivity index (χ1) is 15.8. The molecular formula is C25H29N3O4S. The van der Waals surface area contributed by atoms with E-state index in [0.717, 1.165) is 6.42 Å². The summed E-state index contributed by atoms with van der Waals surface area (Å²) in [6.45, 7) is 7.09. The van der Waals surface area contributed by atoms with E-state index in [-0.39, 0.29) is 28.9 Å². The number of rotatable bonds is 10. The molecule has 3 rings (SSSR count). The Bertz CT molecular complexity index is 1200. The van der Waals surface area contributed by atoms with Gasteiger partial charge in [0.05, 0.1) is 23.8 Å². The second kappa shape index (κ2) is 11.1. The monoisotopic (exact) mass is 467 g/mol. The van der Waals surface area contributed by atoms with Crippen LogP contribution in [0.25, 0.3) is 10.9 Å². The maximum absolute atomic E-state index is 13.2. The number of ether oxygens (including phenoxy) is 1. The third-order valence-electron chi connectivity index (χ3n) is 5.01. The average molecular weight is 468 g/mol. The lowest BCUT2D eigenvalue weighted by Crippen LogP contribution is -2.27. The third kappa shape index (κ3) is 6.01. The van der Waals surface area contributed by atoms with Crippen LogP contribution in [-0.2, 0) is 6.54 Å². The molecule has 33 heavy (non-hydrogen) atoms. The van der Waals surface area contributed by atoms with Crippen LogP contribution in [0.2, 0.25) is 0 Å². The molecule has 8 heteroatoms. The van der Waals surface area contributed by atoms with Crippen LogP contribution in [0.3, 0.4) is 0 Å². The van der Waals surface area contributed by atoms with Gasteiger partial charge in [-0.1, -0.05) is 32.5 Å². The summed E-state index contributed by atoms with van der Waals surface area (Å²) in [6.07, 6.45) is 0.834. The minimum atomic E-state index is -0.198. The summed E-state index contributed by atoms with van der Waals surface area (Å²) < 4.78 is 6.76. The van der Waals surface area contributed by atoms with Gasteiger partial charge in [0, 0.05) is 24.2 Å². The first-order valence-electron chi connectivity index (χ1n) is 11.0. The normalized spacial score (nSPS) is 11.1. The van der Waals surface area contributed by atoms with Crippen molar-refractivity contribution in [3.05, 3.63) is 63.9 Å². The van der Waals surface area contributed by atoms with E-state index >= 15 is 0 Å². The molecule has 1 heterocycles. The number of hydrogen-bond acceptors (Lipinski definition) is 6. The molecule has 0 bridgehead atoms. The first kappa shape index (κ1) is 24.5. The molecule has 0 radical (unpaired) electrons. The largest absolute Gasteiger partial charge is 0.497 e. The minimum absolute atomic E-state index is 0.0687. The van der Waals surface area contributed by atoms with E-state index in [2.05, 4.69) is 10.3 Å². The second-order valence-corrected chi connectivity index (χ2v) is 9.07. The van der Waals surface area contributed by atoms with Crippen LogP contribution in [0.1, 0.15) is 47.9 Å². The molecule has 1 aromatic heterocycles. The Hall–Kier alpha value is -3.13. The molecule has 0 saturated carbocycles. The predicted octanol–water partition coefficient (Wildman–Crippen LogP) is 4.18. The van der Waals surface area contributed by atoms with Gasteiger partial charge < -0.3 is 10.1 Å². The van der Waals surface area contributed by atoms with Crippen LogP contribution in [0, 0.1) is 5.92 Å². The highest BCUT2D eigenvalue weighted by atomic mass is 32.2. The summed E-state index contributed by atoms with van der Waals surface area (Å²) >= 11 is 1.23. The zero-order valence-corrected chi connectivity index (χ0v) is 20.2. The number of amides is 1. The van der Waals surface area contributed by atoms with Gasteiger partial charge in [0.1, 0.15) is 5.75 Å². The van der Waals surface area contributed by atoms with Crippen LogP contribution >= 0.6 is 11.8 Å². The van der Waals surface area contributed by atoms with Gasteiger partial charge in [-0.25, -0.2) is 4.98 Å². The molecular weight excluding hydrogens is 438 g/mol. The summed E-state index contributed by atoms with van der Waals surface area (Å²) in [5.41, 5.74) is 1.30. The van der Waals surface area contributed by atoms with Crippen molar-refractivity contribution in [3.8, 4) is 5.75 Å². The Morgan fingerprint density at radius 2 is 1.82 bits per heavy atom. The molecule has 7 nitrogen and oxygen atoms in total. The van der Waals surface area contributed by atoms with E-state index in [1.165, 1.54) is 11.8 Å². The van der Waals surface area contributed by atoms with Crippen molar-refractivity contribution in [2.24, 2.45) is 5.92 Å². The van der Waals surface area contributed by atoms with Crippen LogP contribution in [0.4, 0.5) is 0 Å². The minimum Gasteiger partial charge on any atom is -0.497 e. The van der Waals surface area contributed by atoms with E-state index in [0.29, 0.717) is 46.0 Å². The Kier molecular flexibility index (Phi) is 8.27. The van der Waals surface area contributed by atoms with Crippen molar-refractivity contribution in [2.75, 3.05) is 19.4 Å². The third-order valence-corrected chi connectivity index (χ3v) is 5.99. The van der Waals surface area contributed by atoms with Crippen LogP contribution in [0.15, 0.2) is 52.4 Å². The summed E-state index contributed by atoms with van der Waals surface area (Å²) in [6, 6.07) is 11.9. The van der Waals surface area contributed by atoms with E-state index in [4.69, 9.17) is 4.74 Å². The van der Waals surface area contributed by atoms with Gasteiger partial charge in [-0.3, -0.25) is 19.0 Å². The molecule has 0 saturated heterocycles. The summed E-state index contributed by atoms with van der Waals surface area (Å²) in [5.74, 6) is 0.771. The molecule has 3 aromatic rings. The van der Waals surface area contributed by atoms with E-state index < -0.39 is 0 Å². The standard InChI is InChI=1S/C25H29N3O4S/c1-5-12-26-23(30)18-8-11-20-21(13-18)27-25(28(24(20)31)14-16(2)3)33-15-22(29)17-6-9-19(32-4)10-7-17/h6-11,13,16H,5,12,14-15H2,1-4H3,(H,26,30). The van der Waals surface area contributed by atoms with E-state index in [9.17, 15) is 14.4 Å². The Balaban J connectivity index is 1.93. The van der Waals surface area contributed by atoms with Gasteiger partial charge in [-0.2, -0.15) is 0 Å². The molecule has 2 aromatic carbocycles. The van der Waals surface area contributed by atoms with Crippen molar-refractivity contribution in [1.29, 1.82) is 0 Å². The fourth-order valence-corrected chi connectivity index (χ4v) is 4.21. The van der Waals surface area contributed by atoms with E-state index in [1.807, 2.05) is 20.8 Å². The van der Waals surface area contributed by atoms with Gasteiger partial charge in [0.2, 0.25) is 0 Å². The lowest BCUT2D eigenvalue weighted by Gasteiger charge is -2.15. The molecule has 0 aliphatic rings. The number of nitrogens with one attached hydrogen (secondary N) is 1. The number of fused-ring (bicyclic) bond motifs is 1. The van der Waals surface area contributed by atoms with Gasteiger partial charge in [0.25, 0.3) is 11.5 Å². The van der Waals surface area contributed by atoms with Gasteiger partial charge in [0.15, 0.2) is 10.9 Å². The molecule has 0 fully saturated rings. The summed E-state index contributed by atoms with van der Waals surface area (Å²) in [7, 11) is 1.57. The quantitative estimate of drug-likeness (QED) is 0.273. The SMILES string of the molecule is CCCNC(=O)c1ccc2c(=O)n(CC(C)C)c(SCC(=O)c3ccc(OC)cc3)nc2c1. The van der Waals surface area contributed by atoms with E-state index in [1.54, 1.807) is 54.1 Å². The highest BCUT2D eigenvalue weighted by Gasteiger charge is 2.16. The van der Waals surface area contributed by atoms with Crippen molar-refractivity contribution in [1.82, 2.24) is 14.9 Å². The Morgan fingerprint density at radius 1 is 1.12 bits per heavy atom. The number of aromatic nitrogens is 2. The van der Waals surface area contributed by atoms with Crippen molar-refractivity contribution < 1.29 is 14.3 Å². The van der Waals surface area contributed by atoms with Crippen molar-refractivity contribution >= 4 is 34.4 Å². The smallest absolute Gasteiger partial charge is 0.262 e. The highest BCUT2D eigenvalue weighted by Crippen LogP contribution is 2.22. The maximum Gasteiger partial charge on any atom is 0.262 e. The zero-order chi connectivity index (χ0) is 24.0. The number of nitrogens with zero attached hydrogens (tertiary/aromatic N) is 2. The molecule has 0 aliphatic carbocycles. The number of carbonyl (C=O) groups excluding carboxylic acids is 2. The average Bonchev–Trinajstić information content (AvgIpc) is 2.82. The maximum atomic E-state index is 13.2. The predicted molar refractivity (Wildman–Crippen MR) is 132 cm³/mol. The Morgan fingerprint density at radius 3 is 2.45 bits per heavy atom. The molecule has 0 atom stereocenters. The van der Waals surface area contributed by atoms with Crippen LogP contribution in [-0.4, -0.2) is 40.6 Å². The van der Waals surface area contributed by atoms with Gasteiger partial charge >= 0.3 is 0 Å². The molecule has 0 aliphatic heterocycles. The zero-order valence-electron chi connectivity index (χ0n) is 19.4. The number of benzene rings is 2. The first-order valence-corrected chi connectivity index (χ1v) is 12.0. The molecule has 0 unspecified atom stereocenters. The van der Waals surface area contributed by atoms with Crippen LogP contribution < -0.4 is 15.6 Å². The number of ketones is 1. The number of hydrogen-bond donors (Lipinski definition) is 1. The number of methoxy groups -OCH3 is 1. The van der Waals surface area contributed by atoms with Crippen molar-refractivity contribution in [3.63, 3.8) is 0 Å². The number of Topliss-reactive ketones (excluding diaryl/α,β-unsaturated/α-hetero) is 1. The second-order valence-electron chi connectivity index (χ2n) is 8.13. The molecule has 1 N–H and O–H groups in total. The number of carbonyl (C=O) groups is 2. The van der Waals surface area contributed by atoms with Gasteiger partial charge in [-0.15, -0.1) is 0 Å². The lowest BCUT2D eigenvalue weighted by molar-refractivity contribution is 0.0952. The molecule has 0 spiro atoms. The molecule has 1 amide bonds. The Labute approximate surface area is 197 Å². The fraction of sp³-hybridized carbons (Fsp3) is 0.360. The summed E-state index contributed by atoms with van der Waals surface area (Å²) in [4.78, 5) is 43.0. The van der Waals surface area contributed by atoms with Crippen molar-refractivity contribution in [2.45, 2.75) is 38.9 Å². The molecule has 174 valence electrons. The fourth-order valence-electron chi connectivity index (χ4n) is 3.31. The topological polar surface area (TPSA) is 90.3 Å². The lowest BCUT2D eigenvalue weighted by atomic mass is 10.1.